The number of hydrogen-bond acceptors (Lipinski definition) is 1. The number of fused-ring (bicyclic) bond motifs is 1. The molecule has 0 amide bonds. The van der Waals surface area contributed by atoms with Crippen LogP contribution in [0.5, 0.6) is 0 Å². The number of carbonyl (C=O) groups excluding carboxylic acids is 1. The second-order valence-corrected chi connectivity index (χ2v) is 7.02. The summed E-state index contributed by atoms with van der Waals surface area (Å²) in [4.78, 5) is 12.0. The van der Waals surface area contributed by atoms with Crippen LogP contribution in [0.2, 0.25) is 0 Å². The third kappa shape index (κ3) is 5.67. The molecule has 2 rings (SSSR count). The van der Waals surface area contributed by atoms with Crippen molar-refractivity contribution >= 4 is 5.78 Å². The minimum Gasteiger partial charge on any atom is -0.300 e. The molecule has 0 aliphatic heterocycles. The molecule has 1 nitrogen and oxygen atoms in total. The lowest BCUT2D eigenvalue weighted by Gasteiger charge is -2.13. The van der Waals surface area contributed by atoms with E-state index in [2.05, 4.69) is 6.92 Å². The van der Waals surface area contributed by atoms with Crippen molar-refractivity contribution in [1.82, 2.24) is 0 Å². The number of ketones is 1. The van der Waals surface area contributed by atoms with Gasteiger partial charge in [0.25, 0.3) is 0 Å². The van der Waals surface area contributed by atoms with Crippen LogP contribution in [0.3, 0.4) is 0 Å². The first-order valence-electron chi connectivity index (χ1n) is 8.81. The van der Waals surface area contributed by atoms with Gasteiger partial charge in [-0.25, -0.2) is 0 Å². The first-order chi connectivity index (χ1) is 9.29. The van der Waals surface area contributed by atoms with Crippen LogP contribution in [-0.2, 0) is 4.79 Å². The summed E-state index contributed by atoms with van der Waals surface area (Å²) >= 11 is 0. The Morgan fingerprint density at radius 1 is 0.895 bits per heavy atom. The molecule has 0 heterocycles. The summed E-state index contributed by atoms with van der Waals surface area (Å²) in [6.07, 6.45) is 16.7. The predicted octanol–water partition coefficient (Wildman–Crippen LogP) is 5.52. The van der Waals surface area contributed by atoms with Crippen molar-refractivity contribution < 1.29 is 4.79 Å². The highest BCUT2D eigenvalue weighted by atomic mass is 16.1. The standard InChI is InChI=1S/C18H32O/c1-2-15-12-17-14-16(17)10-8-6-4-3-5-7-9-11-18(19)13-15/h15-17H,2-14H2,1H3. The van der Waals surface area contributed by atoms with Crippen LogP contribution in [0, 0.1) is 17.8 Å². The van der Waals surface area contributed by atoms with Crippen molar-refractivity contribution in [3.63, 3.8) is 0 Å². The van der Waals surface area contributed by atoms with Crippen molar-refractivity contribution in [2.24, 2.45) is 17.8 Å². The topological polar surface area (TPSA) is 17.1 Å². The fourth-order valence-electron chi connectivity index (χ4n) is 3.81. The van der Waals surface area contributed by atoms with E-state index in [1.807, 2.05) is 0 Å². The van der Waals surface area contributed by atoms with E-state index in [-0.39, 0.29) is 0 Å². The van der Waals surface area contributed by atoms with E-state index in [9.17, 15) is 4.79 Å². The van der Waals surface area contributed by atoms with E-state index in [0.717, 1.165) is 31.1 Å². The zero-order valence-corrected chi connectivity index (χ0v) is 12.8. The molecule has 2 aliphatic carbocycles. The Hall–Kier alpha value is -0.330. The Morgan fingerprint density at radius 2 is 1.58 bits per heavy atom. The van der Waals surface area contributed by atoms with Crippen LogP contribution in [0.15, 0.2) is 0 Å². The second-order valence-electron chi connectivity index (χ2n) is 7.02. The first-order valence-corrected chi connectivity index (χ1v) is 8.81. The molecule has 0 N–H and O–H groups in total. The Bertz CT molecular complexity index is 271. The fraction of sp³-hybridized carbons (Fsp3) is 0.944. The van der Waals surface area contributed by atoms with E-state index in [4.69, 9.17) is 0 Å². The Morgan fingerprint density at radius 3 is 2.32 bits per heavy atom. The fourth-order valence-corrected chi connectivity index (χ4v) is 3.81. The van der Waals surface area contributed by atoms with Gasteiger partial charge in [0.15, 0.2) is 0 Å². The van der Waals surface area contributed by atoms with E-state index in [1.165, 1.54) is 64.2 Å². The monoisotopic (exact) mass is 264 g/mol. The van der Waals surface area contributed by atoms with Crippen molar-refractivity contribution in [2.45, 2.75) is 90.4 Å². The van der Waals surface area contributed by atoms with Crippen LogP contribution in [0.25, 0.3) is 0 Å². The molecular weight excluding hydrogens is 232 g/mol. The van der Waals surface area contributed by atoms with Gasteiger partial charge in [-0.15, -0.1) is 0 Å². The molecule has 1 heteroatoms. The molecule has 0 bridgehead atoms. The van der Waals surface area contributed by atoms with Crippen molar-refractivity contribution in [3.8, 4) is 0 Å². The van der Waals surface area contributed by atoms with Gasteiger partial charge in [0.2, 0.25) is 0 Å². The number of Topliss-reactive ketones (excluding diaryl/α,β-unsaturated/α-hetero) is 1. The minimum absolute atomic E-state index is 0.541. The molecule has 0 saturated heterocycles. The number of rotatable bonds is 1. The lowest BCUT2D eigenvalue weighted by atomic mass is 9.91. The van der Waals surface area contributed by atoms with Gasteiger partial charge in [-0.2, -0.15) is 0 Å². The maximum absolute atomic E-state index is 12.0. The highest BCUT2D eigenvalue weighted by molar-refractivity contribution is 5.78. The summed E-state index contributed by atoms with van der Waals surface area (Å²) in [5.74, 6) is 3.23. The molecule has 0 radical (unpaired) electrons. The average Bonchev–Trinajstić information content (AvgIpc) is 3.13. The van der Waals surface area contributed by atoms with E-state index >= 15 is 0 Å². The zero-order chi connectivity index (χ0) is 13.5. The van der Waals surface area contributed by atoms with Crippen molar-refractivity contribution in [3.05, 3.63) is 0 Å². The van der Waals surface area contributed by atoms with Crippen LogP contribution in [0.1, 0.15) is 90.4 Å². The van der Waals surface area contributed by atoms with Gasteiger partial charge in [0.1, 0.15) is 5.78 Å². The maximum Gasteiger partial charge on any atom is 0.133 e. The lowest BCUT2D eigenvalue weighted by molar-refractivity contribution is -0.120. The van der Waals surface area contributed by atoms with Crippen LogP contribution >= 0.6 is 0 Å². The van der Waals surface area contributed by atoms with Gasteiger partial charge in [0, 0.05) is 12.8 Å². The molecule has 0 aromatic rings. The highest BCUT2D eigenvalue weighted by Crippen LogP contribution is 2.47. The summed E-state index contributed by atoms with van der Waals surface area (Å²) in [5.41, 5.74) is 0. The molecule has 19 heavy (non-hydrogen) atoms. The van der Waals surface area contributed by atoms with Crippen molar-refractivity contribution in [2.75, 3.05) is 0 Å². The predicted molar refractivity (Wildman–Crippen MR) is 81.2 cm³/mol. The molecule has 0 spiro atoms. The Labute approximate surface area is 119 Å². The largest absolute Gasteiger partial charge is 0.300 e. The molecule has 2 aliphatic rings. The Kier molecular flexibility index (Phi) is 6.40. The third-order valence-electron chi connectivity index (χ3n) is 5.33. The van der Waals surface area contributed by atoms with E-state index in [0.29, 0.717) is 11.7 Å². The Balaban J connectivity index is 1.79. The van der Waals surface area contributed by atoms with Gasteiger partial charge in [-0.05, 0) is 37.0 Å². The molecule has 0 aromatic heterocycles. The van der Waals surface area contributed by atoms with Crippen molar-refractivity contribution in [1.29, 1.82) is 0 Å². The molecule has 110 valence electrons. The summed E-state index contributed by atoms with van der Waals surface area (Å²) < 4.78 is 0. The smallest absolute Gasteiger partial charge is 0.133 e. The van der Waals surface area contributed by atoms with Crippen LogP contribution in [-0.4, -0.2) is 5.78 Å². The third-order valence-corrected chi connectivity index (χ3v) is 5.33. The average molecular weight is 264 g/mol. The van der Waals surface area contributed by atoms with Gasteiger partial charge in [0.05, 0.1) is 0 Å². The van der Waals surface area contributed by atoms with Gasteiger partial charge in [-0.1, -0.05) is 58.3 Å². The normalized spacial score (nSPS) is 35.0. The van der Waals surface area contributed by atoms with Gasteiger partial charge < -0.3 is 0 Å². The van der Waals surface area contributed by atoms with E-state index in [1.54, 1.807) is 0 Å². The summed E-state index contributed by atoms with van der Waals surface area (Å²) in [6.45, 7) is 2.27. The highest BCUT2D eigenvalue weighted by Gasteiger charge is 2.37. The van der Waals surface area contributed by atoms with Gasteiger partial charge in [-0.3, -0.25) is 4.79 Å². The number of carbonyl (C=O) groups is 1. The molecule has 3 unspecified atom stereocenters. The second kappa shape index (κ2) is 8.07. The van der Waals surface area contributed by atoms with E-state index < -0.39 is 0 Å². The SMILES string of the molecule is CCC1CC(=O)CCCCCCCCCC2CC2C1. The van der Waals surface area contributed by atoms with Crippen LogP contribution < -0.4 is 0 Å². The lowest BCUT2D eigenvalue weighted by Crippen LogP contribution is -2.09. The van der Waals surface area contributed by atoms with Gasteiger partial charge >= 0.3 is 0 Å². The molecule has 2 fully saturated rings. The molecular formula is C18H32O. The quantitative estimate of drug-likeness (QED) is 0.609. The molecule has 2 saturated carbocycles. The zero-order valence-electron chi connectivity index (χ0n) is 12.8. The molecule has 3 atom stereocenters. The minimum atomic E-state index is 0.541. The van der Waals surface area contributed by atoms with Crippen LogP contribution in [0.4, 0.5) is 0 Å². The number of hydrogen-bond donors (Lipinski definition) is 0. The summed E-state index contributed by atoms with van der Waals surface area (Å²) in [5, 5.41) is 0. The summed E-state index contributed by atoms with van der Waals surface area (Å²) in [6, 6.07) is 0. The first kappa shape index (κ1) is 15.1. The molecule has 0 aromatic carbocycles. The summed E-state index contributed by atoms with van der Waals surface area (Å²) in [7, 11) is 0. The maximum atomic E-state index is 12.0.